The molecule has 0 bridgehead atoms. The molecule has 0 fully saturated rings. The first-order valence-corrected chi connectivity index (χ1v) is 6.74. The Morgan fingerprint density at radius 3 is 2.32 bits per heavy atom. The van der Waals surface area contributed by atoms with E-state index < -0.39 is 5.97 Å². The van der Waals surface area contributed by atoms with Gasteiger partial charge in [0, 0.05) is 26.5 Å². The van der Waals surface area contributed by atoms with Crippen molar-refractivity contribution in [2.24, 2.45) is 11.3 Å². The Bertz CT molecular complexity index is 284. The zero-order valence-corrected chi connectivity index (χ0v) is 12.5. The molecule has 1 atom stereocenters. The summed E-state index contributed by atoms with van der Waals surface area (Å²) in [6.45, 7) is 7.32. The van der Waals surface area contributed by atoms with Crippen molar-refractivity contribution in [3.05, 3.63) is 0 Å². The highest BCUT2D eigenvalue weighted by atomic mass is 16.5. The molecule has 0 aliphatic rings. The van der Waals surface area contributed by atoms with Crippen LogP contribution in [0.5, 0.6) is 0 Å². The van der Waals surface area contributed by atoms with Crippen LogP contribution in [-0.4, -0.2) is 37.2 Å². The summed E-state index contributed by atoms with van der Waals surface area (Å²) in [4.78, 5) is 22.1. The zero-order valence-electron chi connectivity index (χ0n) is 12.5. The van der Waals surface area contributed by atoms with Crippen LogP contribution in [0.2, 0.25) is 0 Å². The molecule has 0 rings (SSSR count). The molecule has 0 aliphatic carbocycles. The Labute approximate surface area is 115 Å². The molecule has 1 unspecified atom stereocenters. The number of amides is 1. The number of methoxy groups -OCH3 is 1. The summed E-state index contributed by atoms with van der Waals surface area (Å²) in [5, 5.41) is 11.6. The fraction of sp³-hybridized carbons (Fsp3) is 0.857. The second-order valence-corrected chi connectivity index (χ2v) is 5.88. The van der Waals surface area contributed by atoms with E-state index in [2.05, 4.69) is 26.1 Å². The van der Waals surface area contributed by atoms with Crippen molar-refractivity contribution >= 4 is 11.9 Å². The number of hydrogen-bond donors (Lipinski definition) is 2. The third kappa shape index (κ3) is 9.47. The number of carboxylic acids is 1. The van der Waals surface area contributed by atoms with Crippen LogP contribution < -0.4 is 5.32 Å². The van der Waals surface area contributed by atoms with Gasteiger partial charge < -0.3 is 15.2 Å². The number of carbonyl (C=O) groups excluding carboxylic acids is 1. The van der Waals surface area contributed by atoms with Gasteiger partial charge in [0.2, 0.25) is 5.91 Å². The quantitative estimate of drug-likeness (QED) is 0.674. The third-order valence-corrected chi connectivity index (χ3v) is 3.28. The number of aliphatic carboxylic acids is 1. The molecule has 19 heavy (non-hydrogen) atoms. The van der Waals surface area contributed by atoms with Crippen LogP contribution >= 0.6 is 0 Å². The Morgan fingerprint density at radius 2 is 1.84 bits per heavy atom. The van der Waals surface area contributed by atoms with Crippen molar-refractivity contribution in [2.45, 2.75) is 46.5 Å². The molecule has 0 aromatic carbocycles. The highest BCUT2D eigenvalue weighted by Gasteiger charge is 2.24. The lowest BCUT2D eigenvalue weighted by atomic mass is 9.76. The lowest BCUT2D eigenvalue weighted by Crippen LogP contribution is -2.30. The van der Waals surface area contributed by atoms with Crippen molar-refractivity contribution in [3.63, 3.8) is 0 Å². The molecular formula is C14H27NO4. The maximum Gasteiger partial charge on any atom is 0.303 e. The minimum Gasteiger partial charge on any atom is -0.481 e. The van der Waals surface area contributed by atoms with E-state index >= 15 is 0 Å². The van der Waals surface area contributed by atoms with Crippen molar-refractivity contribution in [1.29, 1.82) is 0 Å². The summed E-state index contributed by atoms with van der Waals surface area (Å²) < 4.78 is 4.83. The minimum absolute atomic E-state index is 0.0206. The van der Waals surface area contributed by atoms with Crippen molar-refractivity contribution < 1.29 is 19.4 Å². The largest absolute Gasteiger partial charge is 0.481 e. The molecule has 2 N–H and O–H groups in total. The van der Waals surface area contributed by atoms with Gasteiger partial charge in [0.1, 0.15) is 0 Å². The van der Waals surface area contributed by atoms with Crippen molar-refractivity contribution in [3.8, 4) is 0 Å². The predicted octanol–water partition coefficient (Wildman–Crippen LogP) is 2.06. The van der Waals surface area contributed by atoms with E-state index in [1.54, 1.807) is 7.11 Å². The first kappa shape index (κ1) is 17.9. The first-order valence-electron chi connectivity index (χ1n) is 6.74. The van der Waals surface area contributed by atoms with Gasteiger partial charge in [0.05, 0.1) is 6.61 Å². The van der Waals surface area contributed by atoms with Gasteiger partial charge in [0.15, 0.2) is 0 Å². The van der Waals surface area contributed by atoms with Gasteiger partial charge in [-0.2, -0.15) is 0 Å². The smallest absolute Gasteiger partial charge is 0.303 e. The molecule has 112 valence electrons. The van der Waals surface area contributed by atoms with Gasteiger partial charge in [-0.1, -0.05) is 20.8 Å². The summed E-state index contributed by atoms with van der Waals surface area (Å²) in [7, 11) is 1.56. The molecule has 0 saturated carbocycles. The van der Waals surface area contributed by atoms with Crippen LogP contribution in [0.3, 0.4) is 0 Å². The van der Waals surface area contributed by atoms with E-state index in [1.807, 2.05) is 0 Å². The molecular weight excluding hydrogens is 246 g/mol. The van der Waals surface area contributed by atoms with Crippen LogP contribution in [0, 0.1) is 11.3 Å². The fourth-order valence-electron chi connectivity index (χ4n) is 1.98. The number of nitrogens with one attached hydrogen (secondary N) is 1. The van der Waals surface area contributed by atoms with Crippen LogP contribution in [0.25, 0.3) is 0 Å². The lowest BCUT2D eigenvalue weighted by Gasteiger charge is -2.30. The van der Waals surface area contributed by atoms with Crippen LogP contribution in [0.4, 0.5) is 0 Å². The Balaban J connectivity index is 4.06. The normalized spacial score (nSPS) is 13.1. The number of carboxylic acid groups (broad SMARTS) is 1. The molecule has 0 aromatic heterocycles. The van der Waals surface area contributed by atoms with E-state index in [4.69, 9.17) is 9.84 Å². The third-order valence-electron chi connectivity index (χ3n) is 3.28. The second-order valence-electron chi connectivity index (χ2n) is 5.88. The van der Waals surface area contributed by atoms with E-state index in [9.17, 15) is 9.59 Å². The van der Waals surface area contributed by atoms with Gasteiger partial charge in [-0.05, 0) is 24.2 Å². The highest BCUT2D eigenvalue weighted by Crippen LogP contribution is 2.32. The van der Waals surface area contributed by atoms with E-state index in [0.717, 1.165) is 6.42 Å². The summed E-state index contributed by atoms with van der Waals surface area (Å²) in [5.74, 6) is -0.502. The zero-order chi connectivity index (χ0) is 14.9. The highest BCUT2D eigenvalue weighted by molar-refractivity contribution is 5.75. The maximum atomic E-state index is 11.4. The average molecular weight is 273 g/mol. The van der Waals surface area contributed by atoms with Gasteiger partial charge in [-0.25, -0.2) is 0 Å². The van der Waals surface area contributed by atoms with Crippen LogP contribution in [-0.2, 0) is 14.3 Å². The average Bonchev–Trinajstić information content (AvgIpc) is 2.28. The van der Waals surface area contributed by atoms with Crippen molar-refractivity contribution in [1.82, 2.24) is 5.32 Å². The monoisotopic (exact) mass is 273 g/mol. The van der Waals surface area contributed by atoms with E-state index in [-0.39, 0.29) is 23.7 Å². The molecule has 0 aliphatic heterocycles. The molecule has 1 amide bonds. The molecule has 5 nitrogen and oxygen atoms in total. The maximum absolute atomic E-state index is 11.4. The Kier molecular flexibility index (Phi) is 8.39. The molecule has 0 radical (unpaired) electrons. The van der Waals surface area contributed by atoms with Gasteiger partial charge in [-0.15, -0.1) is 0 Å². The molecule has 0 spiro atoms. The number of hydrogen-bond acceptors (Lipinski definition) is 3. The Hall–Kier alpha value is -1.10. The van der Waals surface area contributed by atoms with Gasteiger partial charge >= 0.3 is 5.97 Å². The Morgan fingerprint density at radius 1 is 1.21 bits per heavy atom. The van der Waals surface area contributed by atoms with Gasteiger partial charge in [-0.3, -0.25) is 9.59 Å². The minimum atomic E-state index is -0.765. The number of rotatable bonds is 9. The first-order chi connectivity index (χ1) is 8.77. The summed E-state index contributed by atoms with van der Waals surface area (Å²) in [6.07, 6.45) is 1.99. The van der Waals surface area contributed by atoms with Crippen LogP contribution in [0.15, 0.2) is 0 Å². The summed E-state index contributed by atoms with van der Waals surface area (Å²) >= 11 is 0. The van der Waals surface area contributed by atoms with Gasteiger partial charge in [0.25, 0.3) is 0 Å². The SMILES string of the molecule is COCCC(=O)NCCC(CCC(=O)O)C(C)(C)C. The second kappa shape index (κ2) is 8.91. The standard InChI is InChI=1S/C14H27NO4/c1-14(2,3)11(5-6-13(17)18)7-9-15-12(16)8-10-19-4/h11H,5-10H2,1-4H3,(H,15,16)(H,17,18). The molecule has 0 saturated heterocycles. The number of carbonyl (C=O) groups is 2. The summed E-state index contributed by atoms with van der Waals surface area (Å²) in [6, 6.07) is 0. The van der Waals surface area contributed by atoms with Crippen molar-refractivity contribution in [2.75, 3.05) is 20.3 Å². The van der Waals surface area contributed by atoms with Crippen LogP contribution in [0.1, 0.15) is 46.5 Å². The molecule has 0 heterocycles. The van der Waals surface area contributed by atoms with E-state index in [1.165, 1.54) is 0 Å². The van der Waals surface area contributed by atoms with E-state index in [0.29, 0.717) is 26.0 Å². The summed E-state index contributed by atoms with van der Waals surface area (Å²) in [5.41, 5.74) is 0.0483. The molecule has 5 heteroatoms. The topological polar surface area (TPSA) is 75.6 Å². The predicted molar refractivity (Wildman–Crippen MR) is 73.9 cm³/mol. The lowest BCUT2D eigenvalue weighted by molar-refractivity contribution is -0.137. The molecule has 0 aromatic rings. The number of ether oxygens (including phenoxy) is 1. The fourth-order valence-corrected chi connectivity index (χ4v) is 1.98.